The lowest BCUT2D eigenvalue weighted by molar-refractivity contribution is 0.186. The summed E-state index contributed by atoms with van der Waals surface area (Å²) in [6.45, 7) is 0.587. The summed E-state index contributed by atoms with van der Waals surface area (Å²) in [5.41, 5.74) is 3.28. The fourth-order valence-electron chi connectivity index (χ4n) is 2.27. The van der Waals surface area contributed by atoms with Crippen LogP contribution in [0, 0.1) is 0 Å². The molecule has 0 saturated carbocycles. The van der Waals surface area contributed by atoms with Crippen molar-refractivity contribution in [3.63, 3.8) is 0 Å². The van der Waals surface area contributed by atoms with Crippen molar-refractivity contribution in [1.82, 2.24) is 0 Å². The average Bonchev–Trinajstić information content (AvgIpc) is 2.47. The van der Waals surface area contributed by atoms with Crippen molar-refractivity contribution in [3.8, 4) is 0 Å². The predicted octanol–water partition coefficient (Wildman–Crippen LogP) is 4.21. The molecule has 0 aromatic heterocycles. The minimum absolute atomic E-state index is 0.0772. The zero-order valence-corrected chi connectivity index (χ0v) is 13.4. The highest BCUT2D eigenvalue weighted by Gasteiger charge is 2.14. The molecule has 4 heteroatoms. The summed E-state index contributed by atoms with van der Waals surface area (Å²) < 4.78 is 5.35. The van der Waals surface area contributed by atoms with E-state index in [1.165, 1.54) is 5.56 Å². The van der Waals surface area contributed by atoms with Gasteiger partial charge in [-0.3, -0.25) is 0 Å². The molecule has 0 heterocycles. The molecule has 2 aromatic carbocycles. The minimum atomic E-state index is 0.0772. The lowest BCUT2D eigenvalue weighted by Gasteiger charge is -2.24. The molecule has 21 heavy (non-hydrogen) atoms. The van der Waals surface area contributed by atoms with E-state index >= 15 is 0 Å². The Morgan fingerprint density at radius 2 is 1.86 bits per heavy atom. The van der Waals surface area contributed by atoms with Crippen molar-refractivity contribution in [3.05, 3.63) is 59.1 Å². The first-order valence-corrected chi connectivity index (χ1v) is 7.27. The van der Waals surface area contributed by atoms with Crippen LogP contribution in [0.15, 0.2) is 48.5 Å². The minimum Gasteiger partial charge on any atom is -0.382 e. The van der Waals surface area contributed by atoms with Crippen LogP contribution in [0.3, 0.4) is 0 Å². The fraction of sp³-hybridized carbons (Fsp3) is 0.294. The van der Waals surface area contributed by atoms with Crippen LogP contribution >= 0.6 is 11.6 Å². The fourth-order valence-corrected chi connectivity index (χ4v) is 2.45. The second kappa shape index (κ2) is 7.34. The van der Waals surface area contributed by atoms with Gasteiger partial charge in [0.1, 0.15) is 0 Å². The second-order valence-electron chi connectivity index (χ2n) is 5.12. The quantitative estimate of drug-likeness (QED) is 0.865. The van der Waals surface area contributed by atoms with Gasteiger partial charge in [-0.1, -0.05) is 41.9 Å². The Labute approximate surface area is 131 Å². The van der Waals surface area contributed by atoms with Crippen molar-refractivity contribution in [1.29, 1.82) is 0 Å². The molecule has 0 aliphatic carbocycles. The van der Waals surface area contributed by atoms with Crippen molar-refractivity contribution in [2.75, 3.05) is 38.0 Å². The summed E-state index contributed by atoms with van der Waals surface area (Å²) in [5.74, 6) is 0. The van der Waals surface area contributed by atoms with Gasteiger partial charge >= 0.3 is 0 Å². The van der Waals surface area contributed by atoms with Crippen LogP contribution in [0.5, 0.6) is 0 Å². The Kier molecular flexibility index (Phi) is 5.48. The molecule has 0 radical (unpaired) electrons. The molecule has 2 rings (SSSR count). The predicted molar refractivity (Wildman–Crippen MR) is 90.5 cm³/mol. The molecule has 0 spiro atoms. The van der Waals surface area contributed by atoms with Crippen LogP contribution < -0.4 is 10.2 Å². The van der Waals surface area contributed by atoms with Gasteiger partial charge < -0.3 is 15.0 Å². The largest absolute Gasteiger partial charge is 0.382 e. The van der Waals surface area contributed by atoms with Gasteiger partial charge in [-0.2, -0.15) is 0 Å². The van der Waals surface area contributed by atoms with Gasteiger partial charge in [0.2, 0.25) is 0 Å². The van der Waals surface area contributed by atoms with Crippen LogP contribution in [0.2, 0.25) is 5.02 Å². The molecular weight excluding hydrogens is 284 g/mol. The topological polar surface area (TPSA) is 24.5 Å². The molecule has 1 N–H and O–H groups in total. The Morgan fingerprint density at radius 1 is 1.14 bits per heavy atom. The molecule has 0 fully saturated rings. The molecule has 0 saturated heterocycles. The summed E-state index contributed by atoms with van der Waals surface area (Å²) in [6, 6.07) is 16.2. The van der Waals surface area contributed by atoms with Gasteiger partial charge in [-0.25, -0.2) is 0 Å². The van der Waals surface area contributed by atoms with Crippen LogP contribution in [0.1, 0.15) is 11.6 Å². The summed E-state index contributed by atoms with van der Waals surface area (Å²) in [6.07, 6.45) is 0. The molecule has 0 bridgehead atoms. The Hall–Kier alpha value is -1.71. The highest BCUT2D eigenvalue weighted by Crippen LogP contribution is 2.31. The van der Waals surface area contributed by atoms with Crippen molar-refractivity contribution in [2.45, 2.75) is 6.04 Å². The molecular formula is C17H21ClN2O. The number of halogens is 1. The Morgan fingerprint density at radius 3 is 2.48 bits per heavy atom. The van der Waals surface area contributed by atoms with Crippen LogP contribution in [-0.4, -0.2) is 27.8 Å². The van der Waals surface area contributed by atoms with Gasteiger partial charge in [0.25, 0.3) is 0 Å². The standard InChI is InChI=1S/C17H21ClN2O/c1-20(2)17-10-9-14(18)11-15(17)19-16(12-21-3)13-7-5-4-6-8-13/h4-11,16,19H,12H2,1-3H3. The molecule has 1 atom stereocenters. The van der Waals surface area contributed by atoms with E-state index in [-0.39, 0.29) is 6.04 Å². The molecule has 3 nitrogen and oxygen atoms in total. The second-order valence-corrected chi connectivity index (χ2v) is 5.56. The number of rotatable bonds is 6. The first kappa shape index (κ1) is 15.7. The third kappa shape index (κ3) is 4.13. The Balaban J connectivity index is 2.31. The van der Waals surface area contributed by atoms with Gasteiger partial charge in [0.15, 0.2) is 0 Å². The zero-order valence-electron chi connectivity index (χ0n) is 12.6. The number of hydrogen-bond acceptors (Lipinski definition) is 3. The van der Waals surface area contributed by atoms with E-state index in [1.54, 1.807) is 7.11 Å². The molecule has 0 aliphatic rings. The zero-order chi connectivity index (χ0) is 15.2. The average molecular weight is 305 g/mol. The van der Waals surface area contributed by atoms with E-state index in [0.717, 1.165) is 11.4 Å². The van der Waals surface area contributed by atoms with E-state index in [2.05, 4.69) is 22.3 Å². The smallest absolute Gasteiger partial charge is 0.0748 e. The van der Waals surface area contributed by atoms with E-state index < -0.39 is 0 Å². The number of ether oxygens (including phenoxy) is 1. The summed E-state index contributed by atoms with van der Waals surface area (Å²) >= 11 is 6.14. The molecule has 112 valence electrons. The van der Waals surface area contributed by atoms with Crippen LogP contribution in [-0.2, 0) is 4.74 Å². The van der Waals surface area contributed by atoms with Gasteiger partial charge in [-0.15, -0.1) is 0 Å². The summed E-state index contributed by atoms with van der Waals surface area (Å²) in [4.78, 5) is 2.06. The van der Waals surface area contributed by atoms with Gasteiger partial charge in [0, 0.05) is 26.2 Å². The van der Waals surface area contributed by atoms with E-state index in [9.17, 15) is 0 Å². The third-order valence-electron chi connectivity index (χ3n) is 3.31. The van der Waals surface area contributed by atoms with Crippen molar-refractivity contribution >= 4 is 23.0 Å². The summed E-state index contributed by atoms with van der Waals surface area (Å²) in [5, 5.41) is 4.25. The lowest BCUT2D eigenvalue weighted by atomic mass is 10.1. The lowest BCUT2D eigenvalue weighted by Crippen LogP contribution is -2.19. The molecule has 2 aromatic rings. The van der Waals surface area contributed by atoms with Crippen LogP contribution in [0.4, 0.5) is 11.4 Å². The number of methoxy groups -OCH3 is 1. The van der Waals surface area contributed by atoms with Crippen LogP contribution in [0.25, 0.3) is 0 Å². The monoisotopic (exact) mass is 304 g/mol. The molecule has 0 aliphatic heterocycles. The van der Waals surface area contributed by atoms with Gasteiger partial charge in [0.05, 0.1) is 24.0 Å². The third-order valence-corrected chi connectivity index (χ3v) is 3.54. The maximum Gasteiger partial charge on any atom is 0.0748 e. The first-order valence-electron chi connectivity index (χ1n) is 6.89. The SMILES string of the molecule is COCC(Nc1cc(Cl)ccc1N(C)C)c1ccccc1. The Bertz CT molecular complexity index is 572. The number of anilines is 2. The normalized spacial score (nSPS) is 12.0. The number of hydrogen-bond donors (Lipinski definition) is 1. The van der Waals surface area contributed by atoms with E-state index in [4.69, 9.17) is 16.3 Å². The number of nitrogens with zero attached hydrogens (tertiary/aromatic N) is 1. The number of nitrogens with one attached hydrogen (secondary N) is 1. The molecule has 1 unspecified atom stereocenters. The first-order chi connectivity index (χ1) is 10.1. The van der Waals surface area contributed by atoms with Gasteiger partial charge in [-0.05, 0) is 23.8 Å². The molecule has 0 amide bonds. The van der Waals surface area contributed by atoms with E-state index in [1.807, 2.05) is 50.5 Å². The highest BCUT2D eigenvalue weighted by atomic mass is 35.5. The van der Waals surface area contributed by atoms with E-state index in [0.29, 0.717) is 11.6 Å². The van der Waals surface area contributed by atoms with Crippen molar-refractivity contribution < 1.29 is 4.74 Å². The summed E-state index contributed by atoms with van der Waals surface area (Å²) in [7, 11) is 5.74. The highest BCUT2D eigenvalue weighted by molar-refractivity contribution is 6.31. The van der Waals surface area contributed by atoms with Crippen molar-refractivity contribution in [2.24, 2.45) is 0 Å². The number of benzene rings is 2. The maximum absolute atomic E-state index is 6.14. The maximum atomic E-state index is 6.14.